The lowest BCUT2D eigenvalue weighted by atomic mass is 10.1. The van der Waals surface area contributed by atoms with Crippen LogP contribution in [0.3, 0.4) is 0 Å². The number of nitrogens with one attached hydrogen (secondary N) is 1. The molecule has 1 atom stereocenters. The number of carbonyl (C=O) groups excluding carboxylic acids is 1. The van der Waals surface area contributed by atoms with E-state index in [1.807, 2.05) is 49.4 Å². The Hall–Kier alpha value is -1.74. The van der Waals surface area contributed by atoms with Crippen LogP contribution in [0, 0.1) is 0 Å². The van der Waals surface area contributed by atoms with Gasteiger partial charge in [0.2, 0.25) is 0 Å². The third kappa shape index (κ3) is 4.94. The second-order valence-electron chi connectivity index (χ2n) is 5.08. The monoisotopic (exact) mass is 299 g/mol. The predicted octanol–water partition coefficient (Wildman–Crippen LogP) is 4.51. The van der Waals surface area contributed by atoms with Gasteiger partial charge in [-0.05, 0) is 43.2 Å². The van der Waals surface area contributed by atoms with Gasteiger partial charge in [0.15, 0.2) is 0 Å². The summed E-state index contributed by atoms with van der Waals surface area (Å²) < 4.78 is 0. The van der Waals surface area contributed by atoms with Gasteiger partial charge in [0.05, 0.1) is 0 Å². The summed E-state index contributed by atoms with van der Waals surface area (Å²) in [7, 11) is 0. The van der Waals surface area contributed by atoms with Gasteiger partial charge in [-0.1, -0.05) is 37.3 Å². The molecule has 2 nitrogen and oxygen atoms in total. The second kappa shape index (κ2) is 7.89. The first-order valence-corrected chi connectivity index (χ1v) is 8.25. The summed E-state index contributed by atoms with van der Waals surface area (Å²) in [4.78, 5) is 13.2. The van der Waals surface area contributed by atoms with Crippen LogP contribution in [0.1, 0.15) is 36.2 Å². The molecule has 2 aromatic carbocycles. The van der Waals surface area contributed by atoms with Crippen molar-refractivity contribution in [3.63, 3.8) is 0 Å². The average molecular weight is 299 g/mol. The molecule has 3 heteroatoms. The predicted molar refractivity (Wildman–Crippen MR) is 89.7 cm³/mol. The molecular weight excluding hydrogens is 278 g/mol. The average Bonchev–Trinajstić information content (AvgIpc) is 2.54. The van der Waals surface area contributed by atoms with Crippen molar-refractivity contribution in [2.24, 2.45) is 0 Å². The molecule has 1 N–H and O–H groups in total. The Morgan fingerprint density at radius 1 is 1.10 bits per heavy atom. The SMILES string of the molecule is CC[C@H](C)NC(=O)c1ccc(CSc2ccccc2)cc1. The standard InChI is InChI=1S/C18H21NOS/c1-3-14(2)19-18(20)16-11-9-15(10-12-16)13-21-17-7-5-4-6-8-17/h4-12,14H,3,13H2,1-2H3,(H,19,20)/t14-/m0/s1. The molecular formula is C18H21NOS. The fourth-order valence-electron chi connectivity index (χ4n) is 1.84. The van der Waals surface area contributed by atoms with E-state index in [0.29, 0.717) is 0 Å². The van der Waals surface area contributed by atoms with Crippen LogP contribution >= 0.6 is 11.8 Å². The Morgan fingerprint density at radius 2 is 1.76 bits per heavy atom. The van der Waals surface area contributed by atoms with Crippen molar-refractivity contribution >= 4 is 17.7 Å². The minimum Gasteiger partial charge on any atom is -0.350 e. The quantitative estimate of drug-likeness (QED) is 0.795. The highest BCUT2D eigenvalue weighted by Crippen LogP contribution is 2.22. The molecule has 21 heavy (non-hydrogen) atoms. The van der Waals surface area contributed by atoms with Crippen LogP contribution in [0.15, 0.2) is 59.5 Å². The van der Waals surface area contributed by atoms with Crippen LogP contribution in [0.5, 0.6) is 0 Å². The van der Waals surface area contributed by atoms with Gasteiger partial charge in [-0.2, -0.15) is 0 Å². The van der Waals surface area contributed by atoms with Gasteiger partial charge >= 0.3 is 0 Å². The Bertz CT molecular complexity index is 566. The Morgan fingerprint density at radius 3 is 2.38 bits per heavy atom. The van der Waals surface area contributed by atoms with Crippen LogP contribution in [-0.4, -0.2) is 11.9 Å². The van der Waals surface area contributed by atoms with Crippen LogP contribution in [0.2, 0.25) is 0 Å². The normalized spacial score (nSPS) is 11.9. The lowest BCUT2D eigenvalue weighted by molar-refractivity contribution is 0.0939. The van der Waals surface area contributed by atoms with E-state index < -0.39 is 0 Å². The molecule has 2 aromatic rings. The van der Waals surface area contributed by atoms with Gasteiger partial charge in [0.1, 0.15) is 0 Å². The molecule has 0 bridgehead atoms. The highest BCUT2D eigenvalue weighted by molar-refractivity contribution is 7.98. The largest absolute Gasteiger partial charge is 0.350 e. The van der Waals surface area contributed by atoms with Crippen LogP contribution < -0.4 is 5.32 Å². The molecule has 0 aromatic heterocycles. The minimum absolute atomic E-state index is 0.00612. The highest BCUT2D eigenvalue weighted by atomic mass is 32.2. The lowest BCUT2D eigenvalue weighted by Crippen LogP contribution is -2.31. The van der Waals surface area contributed by atoms with E-state index in [1.165, 1.54) is 10.5 Å². The number of rotatable bonds is 6. The fraction of sp³-hybridized carbons (Fsp3) is 0.278. The van der Waals surface area contributed by atoms with E-state index in [2.05, 4.69) is 24.4 Å². The van der Waals surface area contributed by atoms with Gasteiger partial charge in [-0.25, -0.2) is 0 Å². The summed E-state index contributed by atoms with van der Waals surface area (Å²) in [6, 6.07) is 18.4. The first-order chi connectivity index (χ1) is 10.2. The summed E-state index contributed by atoms with van der Waals surface area (Å²) >= 11 is 1.80. The first-order valence-electron chi connectivity index (χ1n) is 7.26. The molecule has 0 aliphatic rings. The topological polar surface area (TPSA) is 29.1 Å². The Kier molecular flexibility index (Phi) is 5.88. The summed E-state index contributed by atoms with van der Waals surface area (Å²) in [5.74, 6) is 0.920. The zero-order chi connectivity index (χ0) is 15.1. The zero-order valence-electron chi connectivity index (χ0n) is 12.5. The van der Waals surface area contributed by atoms with Crippen molar-refractivity contribution in [3.05, 3.63) is 65.7 Å². The molecule has 0 saturated carbocycles. The summed E-state index contributed by atoms with van der Waals surface area (Å²) in [5.41, 5.74) is 1.95. The summed E-state index contributed by atoms with van der Waals surface area (Å²) in [6.45, 7) is 4.08. The van der Waals surface area contributed by atoms with Crippen molar-refractivity contribution in [1.29, 1.82) is 0 Å². The molecule has 0 heterocycles. The molecule has 1 amide bonds. The smallest absolute Gasteiger partial charge is 0.251 e. The van der Waals surface area contributed by atoms with E-state index in [9.17, 15) is 4.79 Å². The van der Waals surface area contributed by atoms with Crippen molar-refractivity contribution in [2.45, 2.75) is 37.0 Å². The molecule has 0 spiro atoms. The van der Waals surface area contributed by atoms with Crippen molar-refractivity contribution in [2.75, 3.05) is 0 Å². The fourth-order valence-corrected chi connectivity index (χ4v) is 2.72. The summed E-state index contributed by atoms with van der Waals surface area (Å²) in [6.07, 6.45) is 0.942. The van der Waals surface area contributed by atoms with Crippen molar-refractivity contribution in [3.8, 4) is 0 Å². The third-order valence-corrected chi connectivity index (χ3v) is 4.44. The lowest BCUT2D eigenvalue weighted by Gasteiger charge is -2.11. The Balaban J connectivity index is 1.91. The van der Waals surface area contributed by atoms with Gasteiger partial charge in [0.25, 0.3) is 5.91 Å². The molecule has 0 fully saturated rings. The molecule has 110 valence electrons. The third-order valence-electron chi connectivity index (χ3n) is 3.35. The summed E-state index contributed by atoms with van der Waals surface area (Å²) in [5, 5.41) is 2.98. The first kappa shape index (κ1) is 15.6. The molecule has 0 aliphatic carbocycles. The van der Waals surface area contributed by atoms with E-state index in [1.54, 1.807) is 11.8 Å². The van der Waals surface area contributed by atoms with Gasteiger partial charge < -0.3 is 5.32 Å². The van der Waals surface area contributed by atoms with Crippen LogP contribution in [-0.2, 0) is 5.75 Å². The van der Waals surface area contributed by atoms with Crippen molar-refractivity contribution in [1.82, 2.24) is 5.32 Å². The van der Waals surface area contributed by atoms with Gasteiger partial charge in [0, 0.05) is 22.3 Å². The maximum Gasteiger partial charge on any atom is 0.251 e. The second-order valence-corrected chi connectivity index (χ2v) is 6.13. The van der Waals surface area contributed by atoms with E-state index in [0.717, 1.165) is 17.7 Å². The number of thioether (sulfide) groups is 1. The number of hydrogen-bond acceptors (Lipinski definition) is 2. The Labute approximate surface area is 131 Å². The molecule has 2 rings (SSSR count). The number of benzene rings is 2. The number of carbonyl (C=O) groups is 1. The number of amides is 1. The van der Waals surface area contributed by atoms with E-state index in [-0.39, 0.29) is 11.9 Å². The molecule has 0 radical (unpaired) electrons. The molecule has 0 unspecified atom stereocenters. The zero-order valence-corrected chi connectivity index (χ0v) is 13.3. The van der Waals surface area contributed by atoms with E-state index in [4.69, 9.17) is 0 Å². The molecule has 0 aliphatic heterocycles. The van der Waals surface area contributed by atoms with Crippen LogP contribution in [0.4, 0.5) is 0 Å². The van der Waals surface area contributed by atoms with Gasteiger partial charge in [-0.3, -0.25) is 4.79 Å². The van der Waals surface area contributed by atoms with Gasteiger partial charge in [-0.15, -0.1) is 11.8 Å². The maximum atomic E-state index is 12.0. The van der Waals surface area contributed by atoms with E-state index >= 15 is 0 Å². The number of hydrogen-bond donors (Lipinski definition) is 1. The van der Waals surface area contributed by atoms with Crippen molar-refractivity contribution < 1.29 is 4.79 Å². The maximum absolute atomic E-state index is 12.0. The minimum atomic E-state index is 0.00612. The highest BCUT2D eigenvalue weighted by Gasteiger charge is 2.08. The molecule has 0 saturated heterocycles. The van der Waals surface area contributed by atoms with Crippen LogP contribution in [0.25, 0.3) is 0 Å².